The monoisotopic (exact) mass is 343 g/mol. The first-order valence-electron chi connectivity index (χ1n) is 4.77. The number of methoxy groups -OCH3 is 1. The van der Waals surface area contributed by atoms with E-state index in [4.69, 9.17) is 15.2 Å². The third kappa shape index (κ3) is 2.76. The number of nitrogen functional groups attached to an aromatic ring is 1. The zero-order valence-corrected chi connectivity index (χ0v) is 11.2. The van der Waals surface area contributed by atoms with Crippen LogP contribution in [0.5, 0.6) is 17.4 Å². The van der Waals surface area contributed by atoms with Gasteiger partial charge in [-0.2, -0.15) is 0 Å². The van der Waals surface area contributed by atoms with Crippen LogP contribution in [0.4, 0.5) is 5.69 Å². The summed E-state index contributed by atoms with van der Waals surface area (Å²) in [7, 11) is 1.59. The number of rotatable bonds is 3. The van der Waals surface area contributed by atoms with E-state index in [1.165, 1.54) is 6.33 Å². The minimum atomic E-state index is 0.484. The molecule has 5 nitrogen and oxygen atoms in total. The van der Waals surface area contributed by atoms with Crippen molar-refractivity contribution in [1.82, 2.24) is 9.97 Å². The Morgan fingerprint density at radius 1 is 1.35 bits per heavy atom. The fourth-order valence-electron chi connectivity index (χ4n) is 1.23. The molecule has 1 aromatic heterocycles. The van der Waals surface area contributed by atoms with E-state index in [2.05, 4.69) is 32.6 Å². The summed E-state index contributed by atoms with van der Waals surface area (Å²) in [5.74, 6) is 1.71. The number of hydrogen-bond donors (Lipinski definition) is 1. The van der Waals surface area contributed by atoms with Crippen molar-refractivity contribution in [2.24, 2.45) is 0 Å². The van der Waals surface area contributed by atoms with E-state index in [9.17, 15) is 0 Å². The quantitative estimate of drug-likeness (QED) is 0.685. The Kier molecular flexibility index (Phi) is 3.62. The lowest BCUT2D eigenvalue weighted by Crippen LogP contribution is -1.96. The minimum absolute atomic E-state index is 0.484. The standard InChI is InChI=1S/C11H10IN3O2/c1-16-7-2-3-10(9(13)4-7)17-11-8(12)5-14-6-15-11/h2-6H,13H2,1H3. The molecular formula is C11H10IN3O2. The van der Waals surface area contributed by atoms with Crippen LogP contribution in [0, 0.1) is 3.57 Å². The molecule has 0 radical (unpaired) electrons. The second-order valence-electron chi connectivity index (χ2n) is 3.18. The van der Waals surface area contributed by atoms with Crippen LogP contribution in [-0.4, -0.2) is 17.1 Å². The Balaban J connectivity index is 2.28. The van der Waals surface area contributed by atoms with Crippen LogP contribution in [0.2, 0.25) is 0 Å². The third-order valence-electron chi connectivity index (χ3n) is 2.06. The molecule has 0 atom stereocenters. The molecule has 6 heteroatoms. The summed E-state index contributed by atoms with van der Waals surface area (Å²) in [5, 5.41) is 0. The SMILES string of the molecule is COc1ccc(Oc2ncncc2I)c(N)c1. The molecule has 0 saturated heterocycles. The molecular weight excluding hydrogens is 333 g/mol. The molecule has 0 aliphatic heterocycles. The average molecular weight is 343 g/mol. The highest BCUT2D eigenvalue weighted by Crippen LogP contribution is 2.31. The lowest BCUT2D eigenvalue weighted by Gasteiger charge is -2.09. The number of nitrogens with two attached hydrogens (primary N) is 1. The molecule has 0 spiro atoms. The molecule has 0 bridgehead atoms. The Morgan fingerprint density at radius 2 is 2.18 bits per heavy atom. The van der Waals surface area contributed by atoms with Gasteiger partial charge in [0.1, 0.15) is 12.1 Å². The van der Waals surface area contributed by atoms with Gasteiger partial charge in [0.05, 0.1) is 16.4 Å². The molecule has 1 aromatic carbocycles. The molecule has 0 aliphatic rings. The lowest BCUT2D eigenvalue weighted by atomic mass is 10.3. The second-order valence-corrected chi connectivity index (χ2v) is 4.34. The highest BCUT2D eigenvalue weighted by Gasteiger charge is 2.07. The Bertz CT molecular complexity index is 534. The van der Waals surface area contributed by atoms with Gasteiger partial charge in [-0.25, -0.2) is 9.97 Å². The maximum absolute atomic E-state index is 5.84. The number of aromatic nitrogens is 2. The average Bonchev–Trinajstić information content (AvgIpc) is 2.34. The van der Waals surface area contributed by atoms with Gasteiger partial charge in [0.2, 0.25) is 5.88 Å². The van der Waals surface area contributed by atoms with Gasteiger partial charge in [-0.15, -0.1) is 0 Å². The van der Waals surface area contributed by atoms with Gasteiger partial charge in [-0.1, -0.05) is 0 Å². The summed E-state index contributed by atoms with van der Waals surface area (Å²) >= 11 is 2.10. The molecule has 0 fully saturated rings. The summed E-state index contributed by atoms with van der Waals surface area (Å²) < 4.78 is 11.5. The molecule has 1 heterocycles. The van der Waals surface area contributed by atoms with Crippen molar-refractivity contribution >= 4 is 28.3 Å². The predicted octanol–water partition coefficient (Wildman–Crippen LogP) is 2.46. The molecule has 2 N–H and O–H groups in total. The van der Waals surface area contributed by atoms with E-state index in [0.717, 1.165) is 3.57 Å². The minimum Gasteiger partial charge on any atom is -0.497 e. The zero-order chi connectivity index (χ0) is 12.3. The first-order valence-corrected chi connectivity index (χ1v) is 5.85. The number of halogens is 1. The van der Waals surface area contributed by atoms with Crippen LogP contribution in [-0.2, 0) is 0 Å². The normalized spacial score (nSPS) is 10.0. The second kappa shape index (κ2) is 5.17. The van der Waals surface area contributed by atoms with Crippen molar-refractivity contribution in [3.63, 3.8) is 0 Å². The van der Waals surface area contributed by atoms with Gasteiger partial charge < -0.3 is 15.2 Å². The van der Waals surface area contributed by atoms with Crippen molar-refractivity contribution in [2.75, 3.05) is 12.8 Å². The fraction of sp³-hybridized carbons (Fsp3) is 0.0909. The predicted molar refractivity (Wildman–Crippen MR) is 72.2 cm³/mol. The van der Waals surface area contributed by atoms with Gasteiger partial charge in [0.25, 0.3) is 0 Å². The topological polar surface area (TPSA) is 70.3 Å². The molecule has 17 heavy (non-hydrogen) atoms. The number of nitrogens with zero attached hydrogens (tertiary/aromatic N) is 2. The molecule has 0 aliphatic carbocycles. The van der Waals surface area contributed by atoms with Crippen LogP contribution in [0.25, 0.3) is 0 Å². The van der Waals surface area contributed by atoms with E-state index < -0.39 is 0 Å². The first kappa shape index (κ1) is 11.9. The van der Waals surface area contributed by atoms with Crippen molar-refractivity contribution in [3.05, 3.63) is 34.3 Å². The van der Waals surface area contributed by atoms with Crippen LogP contribution < -0.4 is 15.2 Å². The summed E-state index contributed by atoms with van der Waals surface area (Å²) in [6.45, 7) is 0. The van der Waals surface area contributed by atoms with Crippen LogP contribution in [0.3, 0.4) is 0 Å². The molecule has 0 saturated carbocycles. The summed E-state index contributed by atoms with van der Waals surface area (Å²) in [5.41, 5.74) is 6.34. The number of ether oxygens (including phenoxy) is 2. The van der Waals surface area contributed by atoms with Gasteiger partial charge in [-0.05, 0) is 34.7 Å². The molecule has 88 valence electrons. The summed E-state index contributed by atoms with van der Waals surface area (Å²) in [6, 6.07) is 5.22. The van der Waals surface area contributed by atoms with Gasteiger partial charge in [-0.3, -0.25) is 0 Å². The highest BCUT2D eigenvalue weighted by molar-refractivity contribution is 14.1. The number of anilines is 1. The Labute approximate surface area is 112 Å². The summed E-state index contributed by atoms with van der Waals surface area (Å²) in [6.07, 6.45) is 3.10. The smallest absolute Gasteiger partial charge is 0.235 e. The zero-order valence-electron chi connectivity index (χ0n) is 9.05. The maximum Gasteiger partial charge on any atom is 0.235 e. The highest BCUT2D eigenvalue weighted by atomic mass is 127. The van der Waals surface area contributed by atoms with Gasteiger partial charge in [0, 0.05) is 12.3 Å². The van der Waals surface area contributed by atoms with Gasteiger partial charge >= 0.3 is 0 Å². The van der Waals surface area contributed by atoms with E-state index in [-0.39, 0.29) is 0 Å². The number of benzene rings is 1. The Morgan fingerprint density at radius 3 is 2.82 bits per heavy atom. The van der Waals surface area contributed by atoms with Crippen molar-refractivity contribution < 1.29 is 9.47 Å². The molecule has 0 unspecified atom stereocenters. The fourth-order valence-corrected chi connectivity index (χ4v) is 1.64. The first-order chi connectivity index (χ1) is 8.20. The van der Waals surface area contributed by atoms with Crippen LogP contribution in [0.1, 0.15) is 0 Å². The van der Waals surface area contributed by atoms with Crippen molar-refractivity contribution in [2.45, 2.75) is 0 Å². The third-order valence-corrected chi connectivity index (χ3v) is 2.80. The Hall–Kier alpha value is -1.57. The van der Waals surface area contributed by atoms with Crippen LogP contribution in [0.15, 0.2) is 30.7 Å². The summed E-state index contributed by atoms with van der Waals surface area (Å²) in [4.78, 5) is 7.92. The van der Waals surface area contributed by atoms with Crippen molar-refractivity contribution in [3.8, 4) is 17.4 Å². The van der Waals surface area contributed by atoms with E-state index in [0.29, 0.717) is 23.1 Å². The van der Waals surface area contributed by atoms with E-state index in [1.54, 1.807) is 31.5 Å². The number of hydrogen-bond acceptors (Lipinski definition) is 5. The molecule has 2 rings (SSSR count). The van der Waals surface area contributed by atoms with E-state index >= 15 is 0 Å². The molecule has 0 amide bonds. The van der Waals surface area contributed by atoms with E-state index in [1.807, 2.05) is 0 Å². The van der Waals surface area contributed by atoms with Crippen molar-refractivity contribution in [1.29, 1.82) is 0 Å². The molecule has 2 aromatic rings. The maximum atomic E-state index is 5.84. The van der Waals surface area contributed by atoms with Crippen LogP contribution >= 0.6 is 22.6 Å². The largest absolute Gasteiger partial charge is 0.497 e. The van der Waals surface area contributed by atoms with Gasteiger partial charge in [0.15, 0.2) is 5.75 Å². The lowest BCUT2D eigenvalue weighted by molar-refractivity contribution is 0.412.